The van der Waals surface area contributed by atoms with Crippen molar-refractivity contribution in [2.24, 2.45) is 5.73 Å². The van der Waals surface area contributed by atoms with Crippen molar-refractivity contribution in [2.45, 2.75) is 44.6 Å². The van der Waals surface area contributed by atoms with Gasteiger partial charge in [-0.1, -0.05) is 13.3 Å². The van der Waals surface area contributed by atoms with Crippen molar-refractivity contribution in [1.29, 1.82) is 0 Å². The first kappa shape index (κ1) is 10.6. The Hall–Kier alpha value is -0.505. The lowest BCUT2D eigenvalue weighted by Crippen LogP contribution is -2.46. The van der Waals surface area contributed by atoms with Gasteiger partial charge in [-0.2, -0.15) is 0 Å². The number of hydrogen-bond acceptors (Lipinski definition) is 2. The van der Waals surface area contributed by atoms with Crippen LogP contribution in [0.1, 0.15) is 32.6 Å². The highest BCUT2D eigenvalue weighted by Gasteiger charge is 2.27. The zero-order valence-corrected chi connectivity index (χ0v) is 8.62. The maximum absolute atomic E-state index is 11.7. The molecule has 2 unspecified atom stereocenters. The number of amides is 1. The van der Waals surface area contributed by atoms with E-state index in [2.05, 4.69) is 14.8 Å². The number of likely N-dealkylation sites (tertiary alicyclic amines) is 1. The molecule has 2 atom stereocenters. The van der Waals surface area contributed by atoms with Gasteiger partial charge < -0.3 is 10.6 Å². The predicted molar refractivity (Wildman–Crippen MR) is 56.2 cm³/mol. The van der Waals surface area contributed by atoms with Crippen molar-refractivity contribution in [3.8, 4) is 0 Å². The highest BCUT2D eigenvalue weighted by atomic mass is 16.2. The third-order valence-corrected chi connectivity index (χ3v) is 2.75. The maximum atomic E-state index is 11.7. The number of nitrogens with zero attached hydrogens (tertiary/aromatic N) is 1. The molecule has 1 aliphatic rings. The van der Waals surface area contributed by atoms with E-state index < -0.39 is 0 Å². The van der Waals surface area contributed by atoms with Crippen molar-refractivity contribution < 1.29 is 4.79 Å². The molecule has 1 heterocycles. The van der Waals surface area contributed by atoms with Crippen LogP contribution in [0.15, 0.2) is 0 Å². The van der Waals surface area contributed by atoms with E-state index in [9.17, 15) is 4.79 Å². The molecule has 0 radical (unpaired) electrons. The molecule has 1 rings (SSSR count). The summed E-state index contributed by atoms with van der Waals surface area (Å²) in [7, 11) is 2.10. The Morgan fingerprint density at radius 3 is 2.92 bits per heavy atom. The summed E-state index contributed by atoms with van der Waals surface area (Å²) in [4.78, 5) is 13.7. The van der Waals surface area contributed by atoms with Gasteiger partial charge in [0, 0.05) is 6.54 Å². The summed E-state index contributed by atoms with van der Waals surface area (Å²) >= 11 is 0. The Bertz CT molecular complexity index is 186. The first-order chi connectivity index (χ1) is 6.16. The molecule has 0 saturated carbocycles. The molecule has 13 heavy (non-hydrogen) atoms. The Labute approximate surface area is 81.1 Å². The van der Waals surface area contributed by atoms with E-state index in [1.54, 1.807) is 0 Å². The molecule has 0 aromatic rings. The van der Waals surface area contributed by atoms with Crippen molar-refractivity contribution in [3.63, 3.8) is 0 Å². The minimum absolute atomic E-state index is 0.145. The van der Waals surface area contributed by atoms with Crippen LogP contribution in [0.2, 0.25) is 0 Å². The highest BCUT2D eigenvalue weighted by molar-refractivity contribution is 6.13. The van der Waals surface area contributed by atoms with Crippen LogP contribution in [0.5, 0.6) is 0 Å². The zero-order valence-electron chi connectivity index (χ0n) is 8.62. The molecule has 0 spiro atoms. The molecule has 74 valence electrons. The summed E-state index contributed by atoms with van der Waals surface area (Å²) in [6.45, 7) is 2.96. The van der Waals surface area contributed by atoms with Crippen molar-refractivity contribution in [2.75, 3.05) is 6.54 Å². The van der Waals surface area contributed by atoms with Gasteiger partial charge in [-0.15, -0.1) is 0 Å². The van der Waals surface area contributed by atoms with Crippen molar-refractivity contribution in [3.05, 3.63) is 0 Å². The molecule has 1 saturated heterocycles. The van der Waals surface area contributed by atoms with Crippen molar-refractivity contribution >= 4 is 13.8 Å². The summed E-state index contributed by atoms with van der Waals surface area (Å²) in [6, 6.07) is -0.273. The number of hydrogen-bond donors (Lipinski definition) is 1. The van der Waals surface area contributed by atoms with E-state index in [4.69, 9.17) is 5.73 Å². The molecule has 1 fully saturated rings. The van der Waals surface area contributed by atoms with Gasteiger partial charge in [-0.3, -0.25) is 4.79 Å². The van der Waals surface area contributed by atoms with E-state index in [1.165, 1.54) is 0 Å². The lowest BCUT2D eigenvalue weighted by Gasteiger charge is -2.24. The van der Waals surface area contributed by atoms with Crippen LogP contribution in [0, 0.1) is 0 Å². The van der Waals surface area contributed by atoms with Gasteiger partial charge in [0.2, 0.25) is 5.91 Å². The second-order valence-corrected chi connectivity index (χ2v) is 3.92. The molecule has 1 amide bonds. The molecule has 0 aromatic carbocycles. The van der Waals surface area contributed by atoms with Gasteiger partial charge in [0.1, 0.15) is 7.85 Å². The maximum Gasteiger partial charge on any atom is 0.239 e. The topological polar surface area (TPSA) is 46.3 Å². The lowest BCUT2D eigenvalue weighted by molar-refractivity contribution is -0.132. The number of rotatable bonds is 3. The molecule has 3 nitrogen and oxygen atoms in total. The van der Waals surface area contributed by atoms with E-state index >= 15 is 0 Å². The van der Waals surface area contributed by atoms with Crippen LogP contribution in [-0.2, 0) is 4.79 Å². The average Bonchev–Trinajstić information content (AvgIpc) is 2.50. The molecule has 2 N–H and O–H groups in total. The molecule has 0 aromatic heterocycles. The SMILES string of the molecule is BC1CCCN1C(=O)C(N)CCC. The van der Waals surface area contributed by atoms with Gasteiger partial charge in [-0.05, 0) is 25.2 Å². The van der Waals surface area contributed by atoms with E-state index in [1.807, 2.05) is 4.90 Å². The smallest absolute Gasteiger partial charge is 0.239 e. The minimum atomic E-state index is -0.273. The van der Waals surface area contributed by atoms with Gasteiger partial charge in [0.05, 0.1) is 6.04 Å². The van der Waals surface area contributed by atoms with Gasteiger partial charge >= 0.3 is 0 Å². The Morgan fingerprint density at radius 2 is 2.46 bits per heavy atom. The second kappa shape index (κ2) is 4.65. The summed E-state index contributed by atoms with van der Waals surface area (Å²) in [5.41, 5.74) is 5.78. The van der Waals surface area contributed by atoms with Gasteiger partial charge in [0.15, 0.2) is 0 Å². The fourth-order valence-corrected chi connectivity index (χ4v) is 1.91. The Balaban J connectivity index is 2.46. The minimum Gasteiger partial charge on any atom is -0.347 e. The van der Waals surface area contributed by atoms with E-state index in [-0.39, 0.29) is 11.9 Å². The molecular weight excluding hydrogens is 163 g/mol. The molecule has 0 aliphatic carbocycles. The van der Waals surface area contributed by atoms with Crippen LogP contribution < -0.4 is 5.73 Å². The normalized spacial score (nSPS) is 24.8. The van der Waals surface area contributed by atoms with Crippen LogP contribution in [-0.4, -0.2) is 37.2 Å². The van der Waals surface area contributed by atoms with Gasteiger partial charge in [0.25, 0.3) is 0 Å². The fraction of sp³-hybridized carbons (Fsp3) is 0.889. The number of carbonyl (C=O) groups excluding carboxylic acids is 1. The molecule has 1 aliphatic heterocycles. The highest BCUT2D eigenvalue weighted by Crippen LogP contribution is 2.15. The fourth-order valence-electron chi connectivity index (χ4n) is 1.91. The zero-order chi connectivity index (χ0) is 9.84. The number of nitrogens with two attached hydrogens (primary N) is 1. The van der Waals surface area contributed by atoms with Crippen molar-refractivity contribution in [1.82, 2.24) is 4.90 Å². The summed E-state index contributed by atoms with van der Waals surface area (Å²) in [5.74, 6) is 0.544. The van der Waals surface area contributed by atoms with Crippen LogP contribution in [0.25, 0.3) is 0 Å². The second-order valence-electron chi connectivity index (χ2n) is 3.92. The third kappa shape index (κ3) is 2.47. The van der Waals surface area contributed by atoms with Crippen LogP contribution in [0.4, 0.5) is 0 Å². The quantitative estimate of drug-likeness (QED) is 0.609. The van der Waals surface area contributed by atoms with Crippen LogP contribution >= 0.6 is 0 Å². The van der Waals surface area contributed by atoms with Gasteiger partial charge in [-0.25, -0.2) is 0 Å². The third-order valence-electron chi connectivity index (χ3n) is 2.75. The van der Waals surface area contributed by atoms with E-state index in [0.29, 0.717) is 5.94 Å². The molecule has 4 heteroatoms. The lowest BCUT2D eigenvalue weighted by atomic mass is 9.93. The molecule has 0 bridgehead atoms. The average molecular weight is 182 g/mol. The first-order valence-electron chi connectivity index (χ1n) is 5.23. The van der Waals surface area contributed by atoms with E-state index in [0.717, 1.165) is 32.2 Å². The van der Waals surface area contributed by atoms with Crippen LogP contribution in [0.3, 0.4) is 0 Å². The number of carbonyl (C=O) groups is 1. The first-order valence-corrected chi connectivity index (χ1v) is 5.23. The Kier molecular flexibility index (Phi) is 3.79. The summed E-state index contributed by atoms with van der Waals surface area (Å²) in [5, 5.41) is 0. The molecular formula is C9H19BN2O. The predicted octanol–water partition coefficient (Wildman–Crippen LogP) is -0.305. The standard InChI is InChI=1S/C9H19BN2O/c1-2-4-7(11)9(13)12-6-3-5-8(12)10/h7-8H,2-6,10-11H2,1H3. The Morgan fingerprint density at radius 1 is 1.77 bits per heavy atom. The largest absolute Gasteiger partial charge is 0.347 e. The summed E-state index contributed by atoms with van der Waals surface area (Å²) < 4.78 is 0. The monoisotopic (exact) mass is 182 g/mol. The summed E-state index contributed by atoms with van der Waals surface area (Å²) in [6.07, 6.45) is 4.05.